The molecule has 0 saturated carbocycles. The van der Waals surface area contributed by atoms with Gasteiger partial charge in [-0.3, -0.25) is 0 Å². The smallest absolute Gasteiger partial charge is 1.00 e. The first kappa shape index (κ1) is 28.6. The second-order valence-electron chi connectivity index (χ2n) is 6.56. The molecule has 4 heteroatoms. The molecule has 0 aliphatic heterocycles. The third kappa shape index (κ3) is 7.37. The van der Waals surface area contributed by atoms with Crippen molar-refractivity contribution in [3.8, 4) is 0 Å². The molecule has 0 bridgehead atoms. The van der Waals surface area contributed by atoms with E-state index in [2.05, 4.69) is 87.5 Å². The summed E-state index contributed by atoms with van der Waals surface area (Å²) in [5, 5.41) is 0. The van der Waals surface area contributed by atoms with Crippen molar-refractivity contribution in [2.24, 2.45) is 0 Å². The van der Waals surface area contributed by atoms with E-state index in [0.29, 0.717) is 5.92 Å². The zero-order valence-electron chi connectivity index (χ0n) is 16.0. The molecule has 3 aromatic rings. The van der Waals surface area contributed by atoms with Crippen LogP contribution in [0.4, 0.5) is 0 Å². The molecule has 0 nitrogen and oxygen atoms in total. The first-order chi connectivity index (χ1) is 11.2. The standard InChI is InChI=1S/C23H25.3ClH.Ti/c1-4-7-19-12-13-22(16-19)23(20-10-5-8-17(2)14-20)21-11-6-9-18(3)15-21;;;;/h5-6,8-16,23H,4,7H2,1-3H3;3*1H;/q-1;;;;+4/p-3. The molecule has 0 aliphatic rings. The molecule has 0 unspecified atom stereocenters. The Bertz CT molecular complexity index is 750. The molecule has 0 spiro atoms. The molecular weight excluding hydrogens is 430 g/mol. The van der Waals surface area contributed by atoms with E-state index in [0.717, 1.165) is 6.42 Å². The van der Waals surface area contributed by atoms with Gasteiger partial charge in [-0.1, -0.05) is 79.4 Å². The fraction of sp³-hybridized carbons (Fsp3) is 0.261. The molecule has 3 aromatic carbocycles. The Balaban J connectivity index is 0. The minimum absolute atomic E-state index is 0. The van der Waals surface area contributed by atoms with Gasteiger partial charge in [0.15, 0.2) is 0 Å². The first-order valence-corrected chi connectivity index (χ1v) is 8.56. The van der Waals surface area contributed by atoms with Crippen LogP contribution in [0.25, 0.3) is 0 Å². The van der Waals surface area contributed by atoms with Gasteiger partial charge in [0.2, 0.25) is 0 Å². The molecule has 0 atom stereocenters. The van der Waals surface area contributed by atoms with E-state index in [4.69, 9.17) is 0 Å². The van der Waals surface area contributed by atoms with Crippen molar-refractivity contribution in [2.75, 3.05) is 0 Å². The van der Waals surface area contributed by atoms with Gasteiger partial charge in [-0.15, -0.1) is 5.56 Å². The van der Waals surface area contributed by atoms with Gasteiger partial charge in [-0.05, 0) is 30.9 Å². The van der Waals surface area contributed by atoms with Crippen LogP contribution in [0.15, 0.2) is 66.7 Å². The van der Waals surface area contributed by atoms with Crippen LogP contribution in [0.2, 0.25) is 0 Å². The quantitative estimate of drug-likeness (QED) is 0.287. The van der Waals surface area contributed by atoms with Crippen LogP contribution in [-0.2, 0) is 28.1 Å². The summed E-state index contributed by atoms with van der Waals surface area (Å²) >= 11 is 0. The summed E-state index contributed by atoms with van der Waals surface area (Å²) in [7, 11) is 0. The van der Waals surface area contributed by atoms with Crippen molar-refractivity contribution in [3.05, 3.63) is 100 Å². The number of benzene rings is 2. The van der Waals surface area contributed by atoms with Crippen LogP contribution in [0, 0.1) is 13.8 Å². The Kier molecular flexibility index (Phi) is 14.3. The number of hydrogen-bond donors (Lipinski definition) is 0. The van der Waals surface area contributed by atoms with E-state index < -0.39 is 0 Å². The largest absolute Gasteiger partial charge is 4.00 e. The van der Waals surface area contributed by atoms with Gasteiger partial charge in [-0.25, -0.2) is 6.07 Å². The monoisotopic (exact) mass is 454 g/mol. The van der Waals surface area contributed by atoms with Crippen molar-refractivity contribution in [1.29, 1.82) is 0 Å². The van der Waals surface area contributed by atoms with Crippen LogP contribution in [0.5, 0.6) is 0 Å². The summed E-state index contributed by atoms with van der Waals surface area (Å²) in [4.78, 5) is 0. The van der Waals surface area contributed by atoms with Crippen LogP contribution in [-0.4, -0.2) is 0 Å². The molecule has 0 amide bonds. The Morgan fingerprint density at radius 2 is 1.33 bits per heavy atom. The molecule has 0 heterocycles. The third-order valence-electron chi connectivity index (χ3n) is 4.46. The average Bonchev–Trinajstić information content (AvgIpc) is 2.96. The maximum Gasteiger partial charge on any atom is 4.00 e. The fourth-order valence-corrected chi connectivity index (χ4v) is 3.41. The summed E-state index contributed by atoms with van der Waals surface area (Å²) in [5.74, 6) is 0.320. The summed E-state index contributed by atoms with van der Waals surface area (Å²) in [6, 6.07) is 24.8. The second kappa shape index (κ2) is 13.5. The first-order valence-electron chi connectivity index (χ1n) is 8.56. The van der Waals surface area contributed by atoms with Gasteiger partial charge in [0, 0.05) is 0 Å². The summed E-state index contributed by atoms with van der Waals surface area (Å²) in [5.41, 5.74) is 8.26. The van der Waals surface area contributed by atoms with Gasteiger partial charge in [0.25, 0.3) is 0 Å². The molecule has 27 heavy (non-hydrogen) atoms. The van der Waals surface area contributed by atoms with Crippen molar-refractivity contribution in [1.82, 2.24) is 0 Å². The predicted octanol–water partition coefficient (Wildman–Crippen LogP) is -2.84. The van der Waals surface area contributed by atoms with Gasteiger partial charge in [0.05, 0.1) is 0 Å². The van der Waals surface area contributed by atoms with E-state index in [1.165, 1.54) is 39.8 Å². The third-order valence-corrected chi connectivity index (χ3v) is 4.46. The molecule has 0 saturated heterocycles. The molecule has 142 valence electrons. The topological polar surface area (TPSA) is 0 Å². The van der Waals surface area contributed by atoms with Crippen molar-refractivity contribution in [2.45, 2.75) is 39.5 Å². The van der Waals surface area contributed by atoms with Crippen molar-refractivity contribution >= 4 is 0 Å². The van der Waals surface area contributed by atoms with Crippen molar-refractivity contribution < 1.29 is 58.9 Å². The zero-order valence-corrected chi connectivity index (χ0v) is 19.8. The van der Waals surface area contributed by atoms with E-state index >= 15 is 0 Å². The van der Waals surface area contributed by atoms with E-state index in [1.54, 1.807) is 0 Å². The Morgan fingerprint density at radius 3 is 1.78 bits per heavy atom. The van der Waals surface area contributed by atoms with Gasteiger partial charge in [-0.2, -0.15) is 17.7 Å². The van der Waals surface area contributed by atoms with Gasteiger partial charge >= 0.3 is 21.7 Å². The minimum Gasteiger partial charge on any atom is -1.00 e. The van der Waals surface area contributed by atoms with Crippen LogP contribution >= 0.6 is 0 Å². The minimum atomic E-state index is 0. The predicted molar refractivity (Wildman–Crippen MR) is 99.3 cm³/mol. The van der Waals surface area contributed by atoms with E-state index in [-0.39, 0.29) is 58.9 Å². The van der Waals surface area contributed by atoms with Gasteiger partial charge in [0.1, 0.15) is 0 Å². The van der Waals surface area contributed by atoms with Crippen molar-refractivity contribution in [3.63, 3.8) is 0 Å². The average molecular weight is 456 g/mol. The van der Waals surface area contributed by atoms with E-state index in [9.17, 15) is 0 Å². The molecule has 0 radical (unpaired) electrons. The molecule has 3 rings (SSSR count). The second-order valence-corrected chi connectivity index (χ2v) is 6.56. The summed E-state index contributed by atoms with van der Waals surface area (Å²) < 4.78 is 0. The van der Waals surface area contributed by atoms with Crippen LogP contribution < -0.4 is 37.2 Å². The number of aryl methyl sites for hydroxylation is 3. The molecule has 0 fully saturated rings. The fourth-order valence-electron chi connectivity index (χ4n) is 3.41. The number of halogens is 3. The normalized spacial score (nSPS) is 9.48. The Morgan fingerprint density at radius 1 is 0.815 bits per heavy atom. The zero-order chi connectivity index (χ0) is 16.2. The van der Waals surface area contributed by atoms with E-state index in [1.807, 2.05) is 0 Å². The molecule has 0 aliphatic carbocycles. The summed E-state index contributed by atoms with van der Waals surface area (Å²) in [6.45, 7) is 6.58. The molecular formula is C23H25Cl3Ti. The Labute approximate surface area is 197 Å². The molecule has 0 aromatic heterocycles. The number of hydrogen-bond acceptors (Lipinski definition) is 0. The maximum atomic E-state index is 2.39. The SMILES string of the molecule is CCCc1cc[c-](C(c2cccc(C)c2)c2cccc(C)c2)c1.[Cl-].[Cl-].[Cl-].[Ti+4]. The maximum absolute atomic E-state index is 2.39. The van der Waals surface area contributed by atoms with Crippen LogP contribution in [0.3, 0.4) is 0 Å². The van der Waals surface area contributed by atoms with Gasteiger partial charge < -0.3 is 37.2 Å². The Hall–Kier alpha value is -0.626. The number of rotatable bonds is 5. The van der Waals surface area contributed by atoms with Crippen LogP contribution in [0.1, 0.15) is 52.6 Å². The molecule has 0 N–H and O–H groups in total. The summed E-state index contributed by atoms with van der Waals surface area (Å²) in [6.07, 6.45) is 2.36.